The average Bonchev–Trinajstić information content (AvgIpc) is 2.46. The van der Waals surface area contributed by atoms with E-state index in [4.69, 9.17) is 10.9 Å². The van der Waals surface area contributed by atoms with E-state index < -0.39 is 0 Å². The summed E-state index contributed by atoms with van der Waals surface area (Å²) in [6.45, 7) is 7.30. The summed E-state index contributed by atoms with van der Waals surface area (Å²) in [5.74, 6) is 0.746. The second-order valence-electron chi connectivity index (χ2n) is 4.56. The van der Waals surface area contributed by atoms with E-state index in [1.165, 1.54) is 0 Å². The first kappa shape index (κ1) is 15.2. The first-order valence-electron chi connectivity index (χ1n) is 6.71. The van der Waals surface area contributed by atoms with Crippen LogP contribution in [0, 0.1) is 0 Å². The zero-order valence-electron chi connectivity index (χ0n) is 11.9. The number of nitrogens with zero attached hydrogens (tertiary/aromatic N) is 4. The number of rotatable bonds is 7. The van der Waals surface area contributed by atoms with Crippen molar-refractivity contribution in [2.45, 2.75) is 46.1 Å². The van der Waals surface area contributed by atoms with Crippen LogP contribution in [0.15, 0.2) is 17.4 Å². The SMILES string of the molecule is CCCCN(c1nnccc1/C(N)=N/O)C(C)CC. The summed E-state index contributed by atoms with van der Waals surface area (Å²) >= 11 is 0. The lowest BCUT2D eigenvalue weighted by Crippen LogP contribution is -2.36. The van der Waals surface area contributed by atoms with Crippen molar-refractivity contribution in [1.29, 1.82) is 0 Å². The topological polar surface area (TPSA) is 87.6 Å². The van der Waals surface area contributed by atoms with Crippen molar-refractivity contribution in [2.24, 2.45) is 10.9 Å². The molecule has 1 rings (SSSR count). The van der Waals surface area contributed by atoms with Gasteiger partial charge in [0.25, 0.3) is 0 Å². The maximum Gasteiger partial charge on any atom is 0.173 e. The highest BCUT2D eigenvalue weighted by Gasteiger charge is 2.19. The van der Waals surface area contributed by atoms with Crippen LogP contribution in [-0.4, -0.2) is 33.8 Å². The van der Waals surface area contributed by atoms with Crippen molar-refractivity contribution in [3.05, 3.63) is 17.8 Å². The highest BCUT2D eigenvalue weighted by Crippen LogP contribution is 2.20. The Labute approximate surface area is 114 Å². The van der Waals surface area contributed by atoms with Crippen LogP contribution in [0.25, 0.3) is 0 Å². The van der Waals surface area contributed by atoms with Crippen molar-refractivity contribution < 1.29 is 5.21 Å². The summed E-state index contributed by atoms with van der Waals surface area (Å²) in [4.78, 5) is 2.17. The average molecular weight is 265 g/mol. The molecule has 1 atom stereocenters. The maximum absolute atomic E-state index is 8.86. The normalized spacial score (nSPS) is 13.3. The van der Waals surface area contributed by atoms with Gasteiger partial charge in [-0.1, -0.05) is 25.4 Å². The summed E-state index contributed by atoms with van der Waals surface area (Å²) < 4.78 is 0. The summed E-state index contributed by atoms with van der Waals surface area (Å²) in [5, 5.41) is 20.0. The van der Waals surface area contributed by atoms with Gasteiger partial charge in [-0.05, 0) is 25.8 Å². The number of unbranched alkanes of at least 4 members (excludes halogenated alkanes) is 1. The molecule has 0 aliphatic carbocycles. The molecule has 0 aliphatic heterocycles. The Kier molecular flexibility index (Phi) is 6.05. The predicted octanol–water partition coefficient (Wildman–Crippen LogP) is 1.98. The Bertz CT molecular complexity index is 421. The summed E-state index contributed by atoms with van der Waals surface area (Å²) in [7, 11) is 0. The second-order valence-corrected chi connectivity index (χ2v) is 4.56. The number of hydrogen-bond acceptors (Lipinski definition) is 5. The van der Waals surface area contributed by atoms with E-state index in [-0.39, 0.29) is 5.84 Å². The van der Waals surface area contributed by atoms with E-state index in [9.17, 15) is 0 Å². The van der Waals surface area contributed by atoms with Crippen LogP contribution in [0.1, 0.15) is 45.6 Å². The van der Waals surface area contributed by atoms with Crippen LogP contribution in [0.5, 0.6) is 0 Å². The molecule has 6 heteroatoms. The lowest BCUT2D eigenvalue weighted by atomic mass is 10.1. The minimum Gasteiger partial charge on any atom is -0.409 e. The van der Waals surface area contributed by atoms with Gasteiger partial charge in [0, 0.05) is 12.6 Å². The Balaban J connectivity index is 3.14. The Morgan fingerprint density at radius 2 is 2.26 bits per heavy atom. The largest absolute Gasteiger partial charge is 0.409 e. The quantitative estimate of drug-likeness (QED) is 0.340. The maximum atomic E-state index is 8.86. The fourth-order valence-corrected chi connectivity index (χ4v) is 1.87. The minimum absolute atomic E-state index is 0.0645. The molecule has 3 N–H and O–H groups in total. The summed E-state index contributed by atoms with van der Waals surface area (Å²) in [6.07, 6.45) is 4.71. The third-order valence-corrected chi connectivity index (χ3v) is 3.23. The predicted molar refractivity (Wildman–Crippen MR) is 76.5 cm³/mol. The van der Waals surface area contributed by atoms with Crippen molar-refractivity contribution in [3.8, 4) is 0 Å². The first-order valence-corrected chi connectivity index (χ1v) is 6.71. The number of nitrogens with two attached hydrogens (primary N) is 1. The van der Waals surface area contributed by atoms with Crippen LogP contribution in [0.4, 0.5) is 5.82 Å². The summed E-state index contributed by atoms with van der Waals surface area (Å²) in [5.41, 5.74) is 6.33. The fraction of sp³-hybridized carbons (Fsp3) is 0.615. The molecule has 106 valence electrons. The van der Waals surface area contributed by atoms with E-state index in [0.29, 0.717) is 17.4 Å². The third-order valence-electron chi connectivity index (χ3n) is 3.23. The summed E-state index contributed by atoms with van der Waals surface area (Å²) in [6, 6.07) is 2.05. The second kappa shape index (κ2) is 7.56. The van der Waals surface area contributed by atoms with Crippen LogP contribution in [-0.2, 0) is 0 Å². The van der Waals surface area contributed by atoms with Crippen molar-refractivity contribution in [2.75, 3.05) is 11.4 Å². The van der Waals surface area contributed by atoms with E-state index >= 15 is 0 Å². The van der Waals surface area contributed by atoms with Crippen LogP contribution in [0.3, 0.4) is 0 Å². The van der Waals surface area contributed by atoms with Gasteiger partial charge in [-0.3, -0.25) is 0 Å². The van der Waals surface area contributed by atoms with Gasteiger partial charge in [-0.15, -0.1) is 5.10 Å². The van der Waals surface area contributed by atoms with Gasteiger partial charge in [-0.25, -0.2) is 0 Å². The molecule has 0 radical (unpaired) electrons. The molecule has 0 aromatic carbocycles. The molecule has 19 heavy (non-hydrogen) atoms. The molecular formula is C13H23N5O. The molecule has 1 heterocycles. The minimum atomic E-state index is 0.0645. The molecule has 0 aliphatic rings. The number of amidine groups is 1. The van der Waals surface area contributed by atoms with Gasteiger partial charge in [0.05, 0.1) is 11.8 Å². The molecule has 1 aromatic heterocycles. The molecule has 0 amide bonds. The van der Waals surface area contributed by atoms with Crippen LogP contribution in [0.2, 0.25) is 0 Å². The smallest absolute Gasteiger partial charge is 0.173 e. The van der Waals surface area contributed by atoms with Gasteiger partial charge < -0.3 is 15.8 Å². The standard InChI is InChI=1S/C13H23N5O/c1-4-6-9-18(10(3)5-2)13-11(12(14)17-19)7-8-15-16-13/h7-8,10,19H,4-6,9H2,1-3H3,(H2,14,17). The van der Waals surface area contributed by atoms with Crippen molar-refractivity contribution in [1.82, 2.24) is 10.2 Å². The van der Waals surface area contributed by atoms with E-state index in [2.05, 4.69) is 41.0 Å². The van der Waals surface area contributed by atoms with Crippen LogP contribution >= 0.6 is 0 Å². The zero-order chi connectivity index (χ0) is 14.3. The van der Waals surface area contributed by atoms with Gasteiger partial charge in [-0.2, -0.15) is 5.10 Å². The molecule has 0 saturated heterocycles. The monoisotopic (exact) mass is 265 g/mol. The third kappa shape index (κ3) is 3.81. The van der Waals surface area contributed by atoms with Crippen molar-refractivity contribution >= 4 is 11.7 Å². The number of oxime groups is 1. The lowest BCUT2D eigenvalue weighted by molar-refractivity contribution is 0.318. The van der Waals surface area contributed by atoms with E-state index in [0.717, 1.165) is 25.8 Å². The Morgan fingerprint density at radius 1 is 1.53 bits per heavy atom. The molecule has 0 saturated carbocycles. The van der Waals surface area contributed by atoms with E-state index in [1.807, 2.05) is 0 Å². The first-order chi connectivity index (χ1) is 9.15. The molecular weight excluding hydrogens is 242 g/mol. The number of aromatic nitrogens is 2. The highest BCUT2D eigenvalue weighted by molar-refractivity contribution is 6.01. The van der Waals surface area contributed by atoms with Gasteiger partial charge >= 0.3 is 0 Å². The fourth-order valence-electron chi connectivity index (χ4n) is 1.87. The Hall–Kier alpha value is -1.85. The number of anilines is 1. The molecule has 1 aromatic rings. The van der Waals surface area contributed by atoms with Crippen LogP contribution < -0.4 is 10.6 Å². The lowest BCUT2D eigenvalue weighted by Gasteiger charge is -2.30. The zero-order valence-corrected chi connectivity index (χ0v) is 11.9. The Morgan fingerprint density at radius 3 is 2.84 bits per heavy atom. The van der Waals surface area contributed by atoms with Crippen molar-refractivity contribution in [3.63, 3.8) is 0 Å². The molecule has 0 bridgehead atoms. The molecule has 0 fully saturated rings. The van der Waals surface area contributed by atoms with Gasteiger partial charge in [0.2, 0.25) is 0 Å². The van der Waals surface area contributed by atoms with E-state index in [1.54, 1.807) is 12.3 Å². The molecule has 1 unspecified atom stereocenters. The molecule has 0 spiro atoms. The highest BCUT2D eigenvalue weighted by atomic mass is 16.4. The van der Waals surface area contributed by atoms with Gasteiger partial charge in [0.1, 0.15) is 0 Å². The number of hydrogen-bond donors (Lipinski definition) is 2. The molecule has 6 nitrogen and oxygen atoms in total. The van der Waals surface area contributed by atoms with Gasteiger partial charge in [0.15, 0.2) is 11.7 Å².